The highest BCUT2D eigenvalue weighted by atomic mass is 32.1. The number of nitrogens with one attached hydrogen (secondary N) is 1. The van der Waals surface area contributed by atoms with Gasteiger partial charge in [0.25, 0.3) is 0 Å². The van der Waals surface area contributed by atoms with Crippen LogP contribution in [-0.2, 0) is 0 Å². The van der Waals surface area contributed by atoms with Crippen molar-refractivity contribution in [2.75, 3.05) is 6.54 Å². The average molecular weight is 237 g/mol. The van der Waals surface area contributed by atoms with Crippen LogP contribution in [0.3, 0.4) is 0 Å². The van der Waals surface area contributed by atoms with E-state index in [0.29, 0.717) is 6.04 Å². The van der Waals surface area contributed by atoms with E-state index >= 15 is 0 Å². The number of thiophene rings is 1. The minimum atomic E-state index is 0.598. The Morgan fingerprint density at radius 2 is 2.25 bits per heavy atom. The number of hydrogen-bond donors (Lipinski definition) is 1. The summed E-state index contributed by atoms with van der Waals surface area (Å²) in [6.07, 6.45) is 4.23. The molecule has 1 heterocycles. The Hall–Kier alpha value is -0.340. The van der Waals surface area contributed by atoms with Crippen LogP contribution in [0, 0.1) is 18.8 Å². The van der Waals surface area contributed by atoms with Gasteiger partial charge in [-0.25, -0.2) is 0 Å². The molecule has 0 bridgehead atoms. The van der Waals surface area contributed by atoms with E-state index in [9.17, 15) is 0 Å². The molecule has 2 heteroatoms. The quantitative estimate of drug-likeness (QED) is 0.829. The van der Waals surface area contributed by atoms with Gasteiger partial charge in [0.15, 0.2) is 0 Å². The molecule has 0 saturated heterocycles. The Balaban J connectivity index is 2.16. The summed E-state index contributed by atoms with van der Waals surface area (Å²) in [7, 11) is 0. The van der Waals surface area contributed by atoms with Gasteiger partial charge in [-0.3, -0.25) is 0 Å². The second-order valence-electron chi connectivity index (χ2n) is 5.06. The van der Waals surface area contributed by atoms with Gasteiger partial charge in [-0.15, -0.1) is 11.3 Å². The fourth-order valence-corrected chi connectivity index (χ4v) is 4.00. The summed E-state index contributed by atoms with van der Waals surface area (Å²) in [5, 5.41) is 3.70. The van der Waals surface area contributed by atoms with E-state index in [1.54, 1.807) is 0 Å². The standard InChI is InChI=1S/C14H23NS/c1-4-15-14(12-7-5-6-10(12)2)13-9-8-11(3)16-13/h8-10,12,14-15H,4-7H2,1-3H3. The lowest BCUT2D eigenvalue weighted by Gasteiger charge is -2.26. The van der Waals surface area contributed by atoms with Crippen LogP contribution in [0.25, 0.3) is 0 Å². The molecule has 90 valence electrons. The van der Waals surface area contributed by atoms with Crippen LogP contribution < -0.4 is 5.32 Å². The molecule has 0 aromatic carbocycles. The van der Waals surface area contributed by atoms with Crippen LogP contribution in [0.1, 0.15) is 48.9 Å². The van der Waals surface area contributed by atoms with E-state index < -0.39 is 0 Å². The number of hydrogen-bond acceptors (Lipinski definition) is 2. The molecule has 1 aliphatic carbocycles. The summed E-state index contributed by atoms with van der Waals surface area (Å²) in [6, 6.07) is 5.17. The predicted octanol–water partition coefficient (Wildman–Crippen LogP) is 4.14. The second-order valence-corrected chi connectivity index (χ2v) is 6.38. The first kappa shape index (κ1) is 12.1. The van der Waals surface area contributed by atoms with Crippen molar-refractivity contribution < 1.29 is 0 Å². The molecule has 1 N–H and O–H groups in total. The highest BCUT2D eigenvalue weighted by Gasteiger charge is 2.31. The summed E-state index contributed by atoms with van der Waals surface area (Å²) in [4.78, 5) is 2.97. The van der Waals surface area contributed by atoms with E-state index in [1.807, 2.05) is 11.3 Å². The molecule has 1 fully saturated rings. The minimum absolute atomic E-state index is 0.598. The molecule has 0 aliphatic heterocycles. The van der Waals surface area contributed by atoms with Gasteiger partial charge < -0.3 is 5.32 Å². The van der Waals surface area contributed by atoms with Crippen molar-refractivity contribution in [3.8, 4) is 0 Å². The first-order valence-electron chi connectivity index (χ1n) is 6.52. The lowest BCUT2D eigenvalue weighted by molar-refractivity contribution is 0.309. The highest BCUT2D eigenvalue weighted by Crippen LogP contribution is 2.41. The van der Waals surface area contributed by atoms with Gasteiger partial charge in [-0.2, -0.15) is 0 Å². The molecule has 1 saturated carbocycles. The van der Waals surface area contributed by atoms with Crippen molar-refractivity contribution in [3.05, 3.63) is 21.9 Å². The van der Waals surface area contributed by atoms with Crippen LogP contribution in [0.4, 0.5) is 0 Å². The van der Waals surface area contributed by atoms with Gasteiger partial charge in [-0.05, 0) is 43.9 Å². The Morgan fingerprint density at radius 1 is 1.44 bits per heavy atom. The lowest BCUT2D eigenvalue weighted by Crippen LogP contribution is -2.28. The molecular formula is C14H23NS. The minimum Gasteiger partial charge on any atom is -0.309 e. The molecular weight excluding hydrogens is 214 g/mol. The van der Waals surface area contributed by atoms with Gasteiger partial charge in [0, 0.05) is 15.8 Å². The lowest BCUT2D eigenvalue weighted by atomic mass is 9.89. The van der Waals surface area contributed by atoms with Gasteiger partial charge in [0.05, 0.1) is 0 Å². The first-order chi connectivity index (χ1) is 7.72. The van der Waals surface area contributed by atoms with Crippen molar-refractivity contribution in [2.45, 2.75) is 46.1 Å². The third-order valence-corrected chi connectivity index (χ3v) is 4.93. The Kier molecular flexibility index (Phi) is 4.04. The molecule has 3 atom stereocenters. The molecule has 0 spiro atoms. The zero-order chi connectivity index (χ0) is 11.5. The average Bonchev–Trinajstić information content (AvgIpc) is 2.84. The van der Waals surface area contributed by atoms with Crippen molar-refractivity contribution >= 4 is 11.3 Å². The van der Waals surface area contributed by atoms with Crippen LogP contribution in [0.5, 0.6) is 0 Å². The van der Waals surface area contributed by atoms with E-state index in [4.69, 9.17) is 0 Å². The fourth-order valence-electron chi connectivity index (χ4n) is 2.97. The third kappa shape index (κ3) is 2.49. The van der Waals surface area contributed by atoms with E-state index in [0.717, 1.165) is 18.4 Å². The van der Waals surface area contributed by atoms with Crippen LogP contribution in [0.2, 0.25) is 0 Å². The van der Waals surface area contributed by atoms with Crippen molar-refractivity contribution in [1.29, 1.82) is 0 Å². The molecule has 1 aromatic rings. The van der Waals surface area contributed by atoms with Crippen molar-refractivity contribution in [3.63, 3.8) is 0 Å². The maximum atomic E-state index is 3.70. The smallest absolute Gasteiger partial charge is 0.0445 e. The molecule has 1 aromatic heterocycles. The van der Waals surface area contributed by atoms with Crippen LogP contribution >= 0.6 is 11.3 Å². The Labute approximate surface area is 103 Å². The van der Waals surface area contributed by atoms with Crippen molar-refractivity contribution in [1.82, 2.24) is 5.32 Å². The second kappa shape index (κ2) is 5.33. The van der Waals surface area contributed by atoms with E-state index in [1.165, 1.54) is 29.0 Å². The summed E-state index contributed by atoms with van der Waals surface area (Å²) in [5.41, 5.74) is 0. The van der Waals surface area contributed by atoms with Gasteiger partial charge in [-0.1, -0.05) is 26.7 Å². The molecule has 3 unspecified atom stereocenters. The Morgan fingerprint density at radius 3 is 2.75 bits per heavy atom. The number of rotatable bonds is 4. The molecule has 0 radical (unpaired) electrons. The molecule has 0 amide bonds. The predicted molar refractivity (Wildman–Crippen MR) is 72.0 cm³/mol. The largest absolute Gasteiger partial charge is 0.309 e. The summed E-state index contributed by atoms with van der Waals surface area (Å²) in [5.74, 6) is 1.73. The summed E-state index contributed by atoms with van der Waals surface area (Å²) < 4.78 is 0. The first-order valence-corrected chi connectivity index (χ1v) is 7.33. The molecule has 1 aliphatic rings. The monoisotopic (exact) mass is 237 g/mol. The van der Waals surface area contributed by atoms with Crippen molar-refractivity contribution in [2.24, 2.45) is 11.8 Å². The third-order valence-electron chi connectivity index (χ3n) is 3.85. The molecule has 16 heavy (non-hydrogen) atoms. The van der Waals surface area contributed by atoms with Gasteiger partial charge in [0.2, 0.25) is 0 Å². The zero-order valence-electron chi connectivity index (χ0n) is 10.6. The number of aryl methyl sites for hydroxylation is 1. The SMILES string of the molecule is CCNC(c1ccc(C)s1)C1CCCC1C. The van der Waals surface area contributed by atoms with E-state index in [2.05, 4.69) is 38.2 Å². The van der Waals surface area contributed by atoms with Gasteiger partial charge in [0.1, 0.15) is 0 Å². The molecule has 1 nitrogen and oxygen atoms in total. The fraction of sp³-hybridized carbons (Fsp3) is 0.714. The van der Waals surface area contributed by atoms with Crippen LogP contribution in [0.15, 0.2) is 12.1 Å². The molecule has 2 rings (SSSR count). The van der Waals surface area contributed by atoms with Crippen LogP contribution in [-0.4, -0.2) is 6.54 Å². The topological polar surface area (TPSA) is 12.0 Å². The maximum Gasteiger partial charge on any atom is 0.0445 e. The van der Waals surface area contributed by atoms with Gasteiger partial charge >= 0.3 is 0 Å². The maximum absolute atomic E-state index is 3.70. The highest BCUT2D eigenvalue weighted by molar-refractivity contribution is 7.12. The summed E-state index contributed by atoms with van der Waals surface area (Å²) in [6.45, 7) is 7.91. The van der Waals surface area contributed by atoms with E-state index in [-0.39, 0.29) is 0 Å². The normalized spacial score (nSPS) is 27.2. The summed E-state index contributed by atoms with van der Waals surface area (Å²) >= 11 is 1.96. The Bertz CT molecular complexity index is 331. The zero-order valence-corrected chi connectivity index (χ0v) is 11.4.